The van der Waals surface area contributed by atoms with Crippen molar-refractivity contribution in [2.45, 2.75) is 46.2 Å². The van der Waals surface area contributed by atoms with Gasteiger partial charge in [0.2, 0.25) is 11.8 Å². The Morgan fingerprint density at radius 3 is 1.97 bits per heavy atom. The maximum atomic E-state index is 13.3. The zero-order chi connectivity index (χ0) is 23.1. The molecule has 0 aliphatic rings. The van der Waals surface area contributed by atoms with Crippen LogP contribution in [0.4, 0.5) is 0 Å². The summed E-state index contributed by atoms with van der Waals surface area (Å²) in [5.41, 5.74) is 1.50. The van der Waals surface area contributed by atoms with Crippen LogP contribution in [0.15, 0.2) is 36.4 Å². The molecule has 31 heavy (non-hydrogen) atoms. The van der Waals surface area contributed by atoms with Gasteiger partial charge in [-0.1, -0.05) is 79.3 Å². The van der Waals surface area contributed by atoms with Crippen LogP contribution in [0, 0.1) is 5.92 Å². The second-order valence-electron chi connectivity index (χ2n) is 7.76. The third-order valence-electron chi connectivity index (χ3n) is 4.75. The molecule has 4 nitrogen and oxygen atoms in total. The molecule has 1 atom stereocenters. The van der Waals surface area contributed by atoms with E-state index in [-0.39, 0.29) is 24.8 Å². The second kappa shape index (κ2) is 12.0. The molecule has 2 aromatic rings. The normalized spacial score (nSPS) is 12.0. The highest BCUT2D eigenvalue weighted by Gasteiger charge is 2.29. The Bertz CT molecular complexity index is 934. The number of hydrogen-bond acceptors (Lipinski definition) is 2. The zero-order valence-corrected chi connectivity index (χ0v) is 20.7. The monoisotopic (exact) mass is 502 g/mol. The van der Waals surface area contributed by atoms with E-state index in [9.17, 15) is 9.59 Å². The maximum absolute atomic E-state index is 13.3. The minimum Gasteiger partial charge on any atom is -0.354 e. The van der Waals surface area contributed by atoms with Crippen molar-refractivity contribution >= 4 is 58.2 Å². The number of hydrogen-bond donors (Lipinski definition) is 1. The van der Waals surface area contributed by atoms with Crippen molar-refractivity contribution in [1.82, 2.24) is 10.2 Å². The molecule has 1 unspecified atom stereocenters. The van der Waals surface area contributed by atoms with Crippen LogP contribution in [0.25, 0.3) is 0 Å². The number of carbonyl (C=O) groups excluding carboxylic acids is 2. The lowest BCUT2D eigenvalue weighted by Crippen LogP contribution is -2.50. The van der Waals surface area contributed by atoms with Crippen LogP contribution >= 0.6 is 46.4 Å². The van der Waals surface area contributed by atoms with E-state index in [2.05, 4.69) is 5.32 Å². The van der Waals surface area contributed by atoms with Gasteiger partial charge in [0, 0.05) is 13.1 Å². The molecular formula is C23H26Cl4N2O2. The largest absolute Gasteiger partial charge is 0.354 e. The van der Waals surface area contributed by atoms with Crippen molar-refractivity contribution < 1.29 is 9.59 Å². The van der Waals surface area contributed by atoms with E-state index in [1.54, 1.807) is 41.3 Å². The summed E-state index contributed by atoms with van der Waals surface area (Å²) in [4.78, 5) is 27.8. The molecule has 0 aliphatic heterocycles. The Balaban J connectivity index is 2.31. The molecule has 0 heterocycles. The first kappa shape index (κ1) is 25.8. The van der Waals surface area contributed by atoms with E-state index in [1.165, 1.54) is 0 Å². The van der Waals surface area contributed by atoms with Gasteiger partial charge in [-0.3, -0.25) is 9.59 Å². The fourth-order valence-corrected chi connectivity index (χ4v) is 3.74. The average Bonchev–Trinajstić information content (AvgIpc) is 2.71. The number of rotatable bonds is 9. The number of carbonyl (C=O) groups is 2. The van der Waals surface area contributed by atoms with Gasteiger partial charge in [-0.2, -0.15) is 0 Å². The molecule has 0 radical (unpaired) electrons. The van der Waals surface area contributed by atoms with Crippen LogP contribution in [0.3, 0.4) is 0 Å². The number of benzene rings is 2. The minimum absolute atomic E-state index is 0.0895. The fraction of sp³-hybridized carbons (Fsp3) is 0.391. The first-order valence-corrected chi connectivity index (χ1v) is 11.6. The summed E-state index contributed by atoms with van der Waals surface area (Å²) in [6.45, 7) is 6.68. The third kappa shape index (κ3) is 7.57. The van der Waals surface area contributed by atoms with Crippen molar-refractivity contribution in [3.05, 3.63) is 67.6 Å². The van der Waals surface area contributed by atoms with E-state index >= 15 is 0 Å². The van der Waals surface area contributed by atoms with Crippen molar-refractivity contribution in [2.75, 3.05) is 6.54 Å². The summed E-state index contributed by atoms with van der Waals surface area (Å²) >= 11 is 24.3. The molecule has 0 saturated heterocycles. The highest BCUT2D eigenvalue weighted by atomic mass is 35.5. The van der Waals surface area contributed by atoms with Crippen molar-refractivity contribution in [1.29, 1.82) is 0 Å². The van der Waals surface area contributed by atoms with E-state index in [0.717, 1.165) is 11.1 Å². The summed E-state index contributed by atoms with van der Waals surface area (Å²) in [5.74, 6) is -0.0772. The lowest BCUT2D eigenvalue weighted by atomic mass is 10.1. The molecule has 168 valence electrons. The van der Waals surface area contributed by atoms with Gasteiger partial charge in [0.15, 0.2) is 0 Å². The Labute approximate surface area is 203 Å². The first-order valence-electron chi connectivity index (χ1n) is 10.1. The second-order valence-corrected chi connectivity index (χ2v) is 9.39. The van der Waals surface area contributed by atoms with Gasteiger partial charge in [-0.05, 0) is 47.7 Å². The zero-order valence-electron chi connectivity index (χ0n) is 17.7. The van der Waals surface area contributed by atoms with Gasteiger partial charge in [-0.25, -0.2) is 0 Å². The molecule has 0 saturated carbocycles. The minimum atomic E-state index is -0.622. The quantitative estimate of drug-likeness (QED) is 0.429. The molecule has 1 N–H and O–H groups in total. The molecule has 0 spiro atoms. The Morgan fingerprint density at radius 2 is 1.45 bits per heavy atom. The molecule has 2 rings (SSSR count). The van der Waals surface area contributed by atoms with Crippen molar-refractivity contribution in [3.8, 4) is 0 Å². The molecular weight excluding hydrogens is 478 g/mol. The SMILES string of the molecule is CCC(C(=O)NCC(C)C)N(Cc1ccc(Cl)c(Cl)c1)C(=O)Cc1ccc(Cl)c(Cl)c1. The summed E-state index contributed by atoms with van der Waals surface area (Å²) < 4.78 is 0. The highest BCUT2D eigenvalue weighted by Crippen LogP contribution is 2.26. The molecule has 0 bridgehead atoms. The van der Waals surface area contributed by atoms with Gasteiger partial charge in [-0.15, -0.1) is 0 Å². The standard InChI is InChI=1S/C23H26Cl4N2O2/c1-4-21(23(31)28-12-14(2)3)29(13-16-6-8-18(25)20(27)10-16)22(30)11-15-5-7-17(24)19(26)9-15/h5-10,14,21H,4,11-13H2,1-3H3,(H,28,31). The summed E-state index contributed by atoms with van der Waals surface area (Å²) in [6, 6.07) is 9.64. The lowest BCUT2D eigenvalue weighted by molar-refractivity contribution is -0.141. The van der Waals surface area contributed by atoms with Crippen LogP contribution in [-0.4, -0.2) is 29.3 Å². The van der Waals surface area contributed by atoms with Gasteiger partial charge < -0.3 is 10.2 Å². The summed E-state index contributed by atoms with van der Waals surface area (Å²) in [7, 11) is 0. The number of amides is 2. The number of halogens is 4. The number of nitrogens with one attached hydrogen (secondary N) is 1. The highest BCUT2D eigenvalue weighted by molar-refractivity contribution is 6.42. The summed E-state index contributed by atoms with van der Waals surface area (Å²) in [6.07, 6.45) is 0.560. The predicted octanol–water partition coefficient (Wildman–Crippen LogP) is 6.42. The van der Waals surface area contributed by atoms with Crippen molar-refractivity contribution in [2.24, 2.45) is 5.92 Å². The van der Waals surface area contributed by atoms with Crippen LogP contribution in [0.5, 0.6) is 0 Å². The molecule has 0 aliphatic carbocycles. The van der Waals surface area contributed by atoms with Crippen LogP contribution in [0.2, 0.25) is 20.1 Å². The molecule has 0 fully saturated rings. The number of nitrogens with zero attached hydrogens (tertiary/aromatic N) is 1. The molecule has 2 amide bonds. The van der Waals surface area contributed by atoms with Crippen LogP contribution in [-0.2, 0) is 22.6 Å². The van der Waals surface area contributed by atoms with E-state index < -0.39 is 6.04 Å². The van der Waals surface area contributed by atoms with E-state index in [1.807, 2.05) is 20.8 Å². The Morgan fingerprint density at radius 1 is 0.903 bits per heavy atom. The molecule has 0 aromatic heterocycles. The van der Waals surface area contributed by atoms with Gasteiger partial charge in [0.25, 0.3) is 0 Å². The fourth-order valence-electron chi connectivity index (χ4n) is 3.10. The van der Waals surface area contributed by atoms with E-state index in [4.69, 9.17) is 46.4 Å². The third-order valence-corrected chi connectivity index (χ3v) is 6.22. The molecule has 2 aromatic carbocycles. The van der Waals surface area contributed by atoms with Gasteiger partial charge >= 0.3 is 0 Å². The predicted molar refractivity (Wildman–Crippen MR) is 129 cm³/mol. The molecule has 8 heteroatoms. The average molecular weight is 504 g/mol. The maximum Gasteiger partial charge on any atom is 0.242 e. The first-order chi connectivity index (χ1) is 14.6. The van der Waals surface area contributed by atoms with Crippen LogP contribution < -0.4 is 5.32 Å². The topological polar surface area (TPSA) is 49.4 Å². The smallest absolute Gasteiger partial charge is 0.242 e. The Hall–Kier alpha value is -1.46. The van der Waals surface area contributed by atoms with Crippen LogP contribution in [0.1, 0.15) is 38.3 Å². The lowest BCUT2D eigenvalue weighted by Gasteiger charge is -2.31. The Kier molecular flexibility index (Phi) is 9.95. The summed E-state index contributed by atoms with van der Waals surface area (Å²) in [5, 5.41) is 4.57. The van der Waals surface area contributed by atoms with Crippen molar-refractivity contribution in [3.63, 3.8) is 0 Å². The van der Waals surface area contributed by atoms with E-state index in [0.29, 0.717) is 39.0 Å². The van der Waals surface area contributed by atoms with Gasteiger partial charge in [0.05, 0.1) is 26.5 Å². The van der Waals surface area contributed by atoms with Gasteiger partial charge in [0.1, 0.15) is 6.04 Å².